The molecule has 0 N–H and O–H groups in total. The third-order valence-corrected chi connectivity index (χ3v) is 3.06. The molecule has 0 radical (unpaired) electrons. The second-order valence-electron chi connectivity index (χ2n) is 5.88. The molecule has 0 bridgehead atoms. The summed E-state index contributed by atoms with van der Waals surface area (Å²) in [6.45, 7) is 6.88. The first-order valence-corrected chi connectivity index (χ1v) is 6.09. The molecule has 84 valence electrons. The van der Waals surface area contributed by atoms with Gasteiger partial charge in [0.15, 0.2) is 0 Å². The van der Waals surface area contributed by atoms with Crippen molar-refractivity contribution in [2.45, 2.75) is 59.3 Å². The molecule has 0 saturated carbocycles. The summed E-state index contributed by atoms with van der Waals surface area (Å²) in [5.74, 6) is 0.291. The minimum Gasteiger partial charge on any atom is -0.198 e. The molecule has 1 heteroatoms. The summed E-state index contributed by atoms with van der Waals surface area (Å²) in [4.78, 5) is 0. The van der Waals surface area contributed by atoms with Gasteiger partial charge in [0.05, 0.1) is 12.0 Å². The number of hydrogen-bond donors (Lipinski definition) is 0. The monoisotopic (exact) mass is 205 g/mol. The fourth-order valence-corrected chi connectivity index (χ4v) is 2.15. The molecule has 1 aliphatic carbocycles. The van der Waals surface area contributed by atoms with Crippen LogP contribution in [-0.4, -0.2) is 0 Å². The largest absolute Gasteiger partial charge is 0.198 e. The van der Waals surface area contributed by atoms with Crippen molar-refractivity contribution in [3.05, 3.63) is 11.6 Å². The maximum Gasteiger partial charge on any atom is 0.0659 e. The van der Waals surface area contributed by atoms with Crippen molar-refractivity contribution in [2.24, 2.45) is 11.3 Å². The van der Waals surface area contributed by atoms with E-state index < -0.39 is 0 Å². The zero-order valence-electron chi connectivity index (χ0n) is 10.3. The summed E-state index contributed by atoms with van der Waals surface area (Å²) in [6.07, 6.45) is 9.32. The van der Waals surface area contributed by atoms with Crippen LogP contribution in [0.2, 0.25) is 0 Å². The predicted molar refractivity (Wildman–Crippen MR) is 64.3 cm³/mol. The zero-order chi connectivity index (χ0) is 11.3. The van der Waals surface area contributed by atoms with Crippen molar-refractivity contribution in [3.63, 3.8) is 0 Å². The van der Waals surface area contributed by atoms with Crippen molar-refractivity contribution in [1.29, 1.82) is 5.26 Å². The van der Waals surface area contributed by atoms with Crippen molar-refractivity contribution >= 4 is 0 Å². The molecule has 0 aromatic carbocycles. The lowest BCUT2D eigenvalue weighted by Crippen LogP contribution is -2.07. The first kappa shape index (κ1) is 12.3. The van der Waals surface area contributed by atoms with Gasteiger partial charge in [-0.2, -0.15) is 5.26 Å². The Kier molecular flexibility index (Phi) is 4.39. The van der Waals surface area contributed by atoms with Crippen molar-refractivity contribution < 1.29 is 0 Å². The minimum absolute atomic E-state index is 0.291. The van der Waals surface area contributed by atoms with E-state index in [1.807, 2.05) is 0 Å². The molecule has 15 heavy (non-hydrogen) atoms. The predicted octanol–water partition coefficient (Wildman–Crippen LogP) is 4.45. The van der Waals surface area contributed by atoms with Gasteiger partial charge in [-0.25, -0.2) is 0 Å². The second-order valence-corrected chi connectivity index (χ2v) is 5.88. The van der Waals surface area contributed by atoms with Crippen LogP contribution in [0.5, 0.6) is 0 Å². The van der Waals surface area contributed by atoms with Crippen molar-refractivity contribution in [3.8, 4) is 6.07 Å². The SMILES string of the molecule is CC(C)(C)CCCC1=CCCC(C#N)C1. The van der Waals surface area contributed by atoms with Crippen LogP contribution in [0, 0.1) is 22.7 Å². The van der Waals surface area contributed by atoms with Gasteiger partial charge in [-0.3, -0.25) is 0 Å². The van der Waals surface area contributed by atoms with Crippen LogP contribution in [-0.2, 0) is 0 Å². The van der Waals surface area contributed by atoms with Crippen LogP contribution < -0.4 is 0 Å². The van der Waals surface area contributed by atoms with E-state index in [0.717, 1.165) is 19.3 Å². The molecule has 0 fully saturated rings. The first-order chi connectivity index (χ1) is 7.01. The minimum atomic E-state index is 0.291. The van der Waals surface area contributed by atoms with Gasteiger partial charge in [-0.1, -0.05) is 32.4 Å². The van der Waals surface area contributed by atoms with Gasteiger partial charge in [-0.15, -0.1) is 0 Å². The van der Waals surface area contributed by atoms with Gasteiger partial charge in [0.25, 0.3) is 0 Å². The standard InChI is InChI=1S/C14H23N/c1-14(2,3)9-5-8-12-6-4-7-13(10-12)11-15/h6,13H,4-5,7-10H2,1-3H3. The third-order valence-electron chi connectivity index (χ3n) is 3.06. The summed E-state index contributed by atoms with van der Waals surface area (Å²) in [5.41, 5.74) is 1.97. The lowest BCUT2D eigenvalue weighted by Gasteiger charge is -2.20. The molecule has 0 aromatic heterocycles. The van der Waals surface area contributed by atoms with Crippen LogP contribution in [0.25, 0.3) is 0 Å². The Morgan fingerprint density at radius 2 is 2.20 bits per heavy atom. The fourth-order valence-electron chi connectivity index (χ4n) is 2.15. The van der Waals surface area contributed by atoms with E-state index in [-0.39, 0.29) is 0 Å². The van der Waals surface area contributed by atoms with E-state index in [1.54, 1.807) is 0 Å². The van der Waals surface area contributed by atoms with Gasteiger partial charge < -0.3 is 0 Å². The molecule has 1 aliphatic rings. The number of rotatable bonds is 3. The quantitative estimate of drug-likeness (QED) is 0.624. The summed E-state index contributed by atoms with van der Waals surface area (Å²) >= 11 is 0. The molecular weight excluding hydrogens is 182 g/mol. The third kappa shape index (κ3) is 5.02. The normalized spacial score (nSPS) is 22.0. The summed E-state index contributed by atoms with van der Waals surface area (Å²) in [6, 6.07) is 2.40. The molecule has 1 nitrogen and oxygen atoms in total. The van der Waals surface area contributed by atoms with E-state index in [0.29, 0.717) is 11.3 Å². The number of hydrogen-bond acceptors (Lipinski definition) is 1. The maximum atomic E-state index is 8.89. The molecule has 0 aliphatic heterocycles. The first-order valence-electron chi connectivity index (χ1n) is 6.09. The molecular formula is C14H23N. The molecule has 0 amide bonds. The van der Waals surface area contributed by atoms with Crippen LogP contribution in [0.1, 0.15) is 59.3 Å². The lowest BCUT2D eigenvalue weighted by atomic mass is 9.84. The van der Waals surface area contributed by atoms with Crippen molar-refractivity contribution in [2.75, 3.05) is 0 Å². The van der Waals surface area contributed by atoms with Gasteiger partial charge in [-0.05, 0) is 43.9 Å². The Balaban J connectivity index is 2.28. The van der Waals surface area contributed by atoms with Crippen LogP contribution in [0.4, 0.5) is 0 Å². The second kappa shape index (κ2) is 5.35. The topological polar surface area (TPSA) is 23.8 Å². The molecule has 1 rings (SSSR count). The van der Waals surface area contributed by atoms with E-state index in [9.17, 15) is 0 Å². The summed E-state index contributed by atoms with van der Waals surface area (Å²) < 4.78 is 0. The van der Waals surface area contributed by atoms with E-state index >= 15 is 0 Å². The van der Waals surface area contributed by atoms with Crippen LogP contribution in [0.15, 0.2) is 11.6 Å². The Morgan fingerprint density at radius 1 is 1.47 bits per heavy atom. The molecule has 0 heterocycles. The van der Waals surface area contributed by atoms with Gasteiger partial charge in [0, 0.05) is 0 Å². The lowest BCUT2D eigenvalue weighted by molar-refractivity contribution is 0.363. The number of nitrogens with zero attached hydrogens (tertiary/aromatic N) is 1. The number of allylic oxidation sites excluding steroid dienone is 2. The van der Waals surface area contributed by atoms with Crippen LogP contribution >= 0.6 is 0 Å². The van der Waals surface area contributed by atoms with Crippen LogP contribution in [0.3, 0.4) is 0 Å². The fraction of sp³-hybridized carbons (Fsp3) is 0.786. The molecule has 0 aromatic rings. The summed E-state index contributed by atoms with van der Waals surface area (Å²) in [7, 11) is 0. The Bertz CT molecular complexity index is 262. The van der Waals surface area contributed by atoms with Gasteiger partial charge in [0.1, 0.15) is 0 Å². The van der Waals surface area contributed by atoms with Gasteiger partial charge >= 0.3 is 0 Å². The van der Waals surface area contributed by atoms with E-state index in [4.69, 9.17) is 5.26 Å². The highest BCUT2D eigenvalue weighted by Crippen LogP contribution is 2.29. The van der Waals surface area contributed by atoms with E-state index in [2.05, 4.69) is 32.9 Å². The Morgan fingerprint density at radius 3 is 2.80 bits per heavy atom. The maximum absolute atomic E-state index is 8.89. The molecule has 0 saturated heterocycles. The molecule has 1 unspecified atom stereocenters. The Labute approximate surface area is 94.2 Å². The molecule has 0 spiro atoms. The average Bonchev–Trinajstić information content (AvgIpc) is 2.16. The highest BCUT2D eigenvalue weighted by Gasteiger charge is 2.15. The highest BCUT2D eigenvalue weighted by molar-refractivity contribution is 5.10. The Hall–Kier alpha value is -0.770. The summed E-state index contributed by atoms with van der Waals surface area (Å²) in [5, 5.41) is 8.89. The van der Waals surface area contributed by atoms with Gasteiger partial charge in [0.2, 0.25) is 0 Å². The average molecular weight is 205 g/mol. The highest BCUT2D eigenvalue weighted by atomic mass is 14.3. The number of nitriles is 1. The molecule has 1 atom stereocenters. The smallest absolute Gasteiger partial charge is 0.0659 e. The van der Waals surface area contributed by atoms with Crippen molar-refractivity contribution in [1.82, 2.24) is 0 Å². The van der Waals surface area contributed by atoms with E-state index in [1.165, 1.54) is 24.8 Å². The zero-order valence-corrected chi connectivity index (χ0v) is 10.3.